The largest absolute Gasteiger partial charge is 0.497 e. The number of carbonyl (C=O) groups excluding carboxylic acids is 1. The number of hydrogen-bond acceptors (Lipinski definition) is 3. The van der Waals surface area contributed by atoms with Gasteiger partial charge in [0.2, 0.25) is 5.91 Å². The molecule has 2 aromatic carbocycles. The first-order chi connectivity index (χ1) is 11.2. The van der Waals surface area contributed by atoms with E-state index in [0.717, 1.165) is 33.9 Å². The predicted molar refractivity (Wildman–Crippen MR) is 89.3 cm³/mol. The van der Waals surface area contributed by atoms with Crippen LogP contribution < -0.4 is 14.8 Å². The predicted octanol–water partition coefficient (Wildman–Crippen LogP) is 3.15. The van der Waals surface area contributed by atoms with Crippen LogP contribution in [0.2, 0.25) is 0 Å². The van der Waals surface area contributed by atoms with Gasteiger partial charge in [0.15, 0.2) is 0 Å². The van der Waals surface area contributed by atoms with Crippen molar-refractivity contribution in [2.45, 2.75) is 0 Å². The van der Waals surface area contributed by atoms with Crippen molar-refractivity contribution < 1.29 is 14.3 Å². The molecule has 1 heterocycles. The van der Waals surface area contributed by atoms with E-state index in [1.54, 1.807) is 20.3 Å². The highest BCUT2D eigenvalue weighted by molar-refractivity contribution is 5.97. The topological polar surface area (TPSA) is 47.6 Å². The summed E-state index contributed by atoms with van der Waals surface area (Å²) in [5, 5.41) is 2.88. The summed E-state index contributed by atoms with van der Waals surface area (Å²) in [5.41, 5.74) is 3.73. The molecule has 0 saturated heterocycles. The van der Waals surface area contributed by atoms with Gasteiger partial charge in [0.05, 0.1) is 14.2 Å². The number of nitrogens with one attached hydrogen (secondary N) is 1. The molecular weight excluding hydrogens is 290 g/mol. The van der Waals surface area contributed by atoms with Crippen LogP contribution in [0.4, 0.5) is 0 Å². The van der Waals surface area contributed by atoms with Gasteiger partial charge in [-0.15, -0.1) is 0 Å². The fourth-order valence-electron chi connectivity index (χ4n) is 2.51. The van der Waals surface area contributed by atoms with Crippen molar-refractivity contribution in [3.63, 3.8) is 0 Å². The number of amides is 1. The van der Waals surface area contributed by atoms with Gasteiger partial charge in [0.25, 0.3) is 0 Å². The van der Waals surface area contributed by atoms with Crippen LogP contribution in [0, 0.1) is 0 Å². The lowest BCUT2D eigenvalue weighted by Crippen LogP contribution is -2.14. The maximum atomic E-state index is 11.5. The smallest absolute Gasteiger partial charge is 0.248 e. The number of rotatable bonds is 4. The summed E-state index contributed by atoms with van der Waals surface area (Å²) < 4.78 is 10.4. The van der Waals surface area contributed by atoms with Crippen LogP contribution in [0.25, 0.3) is 5.57 Å². The summed E-state index contributed by atoms with van der Waals surface area (Å²) in [7, 11) is 3.27. The monoisotopic (exact) mass is 307 g/mol. The van der Waals surface area contributed by atoms with Crippen LogP contribution in [0.3, 0.4) is 0 Å². The first-order valence-electron chi connectivity index (χ1n) is 7.23. The maximum Gasteiger partial charge on any atom is 0.248 e. The Labute approximate surface area is 135 Å². The van der Waals surface area contributed by atoms with Gasteiger partial charge < -0.3 is 14.8 Å². The van der Waals surface area contributed by atoms with E-state index >= 15 is 0 Å². The van der Waals surface area contributed by atoms with Crippen LogP contribution in [0.5, 0.6) is 11.5 Å². The molecular formula is C19H17NO3. The van der Waals surface area contributed by atoms with Crippen LogP contribution in [0.1, 0.15) is 11.1 Å². The van der Waals surface area contributed by atoms with E-state index in [-0.39, 0.29) is 5.91 Å². The average Bonchev–Trinajstić information content (AvgIpc) is 3.02. The van der Waals surface area contributed by atoms with Crippen molar-refractivity contribution in [1.82, 2.24) is 5.32 Å². The summed E-state index contributed by atoms with van der Waals surface area (Å²) >= 11 is 0. The van der Waals surface area contributed by atoms with Gasteiger partial charge in [-0.3, -0.25) is 4.79 Å². The van der Waals surface area contributed by atoms with E-state index in [4.69, 9.17) is 9.47 Å². The Morgan fingerprint density at radius 3 is 1.61 bits per heavy atom. The molecule has 0 saturated carbocycles. The van der Waals surface area contributed by atoms with Crippen LogP contribution in [-0.4, -0.2) is 20.1 Å². The van der Waals surface area contributed by atoms with Crippen molar-refractivity contribution in [3.05, 3.63) is 77.5 Å². The minimum absolute atomic E-state index is 0.112. The third-order valence-corrected chi connectivity index (χ3v) is 3.69. The van der Waals surface area contributed by atoms with E-state index < -0.39 is 0 Å². The Balaban J connectivity index is 2.10. The molecule has 0 spiro atoms. The van der Waals surface area contributed by atoms with Gasteiger partial charge in [0, 0.05) is 17.3 Å². The van der Waals surface area contributed by atoms with Gasteiger partial charge in [0.1, 0.15) is 11.5 Å². The Morgan fingerprint density at radius 1 is 0.783 bits per heavy atom. The van der Waals surface area contributed by atoms with Gasteiger partial charge in [-0.05, 0) is 41.5 Å². The zero-order valence-corrected chi connectivity index (χ0v) is 13.0. The minimum Gasteiger partial charge on any atom is -0.497 e. The quantitative estimate of drug-likeness (QED) is 0.944. The Kier molecular flexibility index (Phi) is 4.15. The van der Waals surface area contributed by atoms with E-state index in [1.165, 1.54) is 6.08 Å². The Hall–Kier alpha value is -3.01. The Bertz CT molecular complexity index is 722. The summed E-state index contributed by atoms with van der Waals surface area (Å²) in [4.78, 5) is 11.5. The van der Waals surface area contributed by atoms with Crippen LogP contribution in [-0.2, 0) is 4.79 Å². The third kappa shape index (κ3) is 3.11. The highest BCUT2D eigenvalue weighted by Gasteiger charge is 2.16. The van der Waals surface area contributed by atoms with Crippen LogP contribution >= 0.6 is 0 Å². The molecule has 116 valence electrons. The summed E-state index contributed by atoms with van der Waals surface area (Å²) in [6, 6.07) is 15.5. The minimum atomic E-state index is -0.112. The fourth-order valence-corrected chi connectivity index (χ4v) is 2.51. The lowest BCUT2D eigenvalue weighted by atomic mass is 9.95. The molecule has 0 bridgehead atoms. The number of ether oxygens (including phenoxy) is 2. The van der Waals surface area contributed by atoms with Crippen molar-refractivity contribution in [1.29, 1.82) is 0 Å². The fraction of sp³-hybridized carbons (Fsp3) is 0.105. The summed E-state index contributed by atoms with van der Waals surface area (Å²) in [6.07, 6.45) is 3.33. The van der Waals surface area contributed by atoms with Crippen molar-refractivity contribution >= 4 is 11.5 Å². The SMILES string of the molecule is COc1ccc(C(=C2C=CC(=O)N2)c2ccc(OC)cc2)cc1. The van der Waals surface area contributed by atoms with Gasteiger partial charge in [-0.2, -0.15) is 0 Å². The molecule has 1 amide bonds. The molecule has 0 unspecified atom stereocenters. The zero-order valence-electron chi connectivity index (χ0n) is 13.0. The molecule has 0 radical (unpaired) electrons. The van der Waals surface area contributed by atoms with E-state index in [1.807, 2.05) is 48.5 Å². The second kappa shape index (κ2) is 6.40. The van der Waals surface area contributed by atoms with Crippen molar-refractivity contribution in [3.8, 4) is 11.5 Å². The average molecular weight is 307 g/mol. The number of allylic oxidation sites excluding steroid dienone is 1. The summed E-state index contributed by atoms with van der Waals surface area (Å²) in [5.74, 6) is 1.47. The van der Waals surface area contributed by atoms with Crippen LogP contribution in [0.15, 0.2) is 66.4 Å². The second-order valence-electron chi connectivity index (χ2n) is 5.07. The molecule has 0 aromatic heterocycles. The number of benzene rings is 2. The number of carbonyl (C=O) groups is 1. The molecule has 2 aromatic rings. The molecule has 1 N–H and O–H groups in total. The molecule has 4 nitrogen and oxygen atoms in total. The van der Waals surface area contributed by atoms with Gasteiger partial charge in [-0.25, -0.2) is 0 Å². The van der Waals surface area contributed by atoms with E-state index in [9.17, 15) is 4.79 Å². The first-order valence-corrected chi connectivity index (χ1v) is 7.23. The maximum absolute atomic E-state index is 11.5. The molecule has 23 heavy (non-hydrogen) atoms. The van der Waals surface area contributed by atoms with E-state index in [0.29, 0.717) is 0 Å². The van der Waals surface area contributed by atoms with Crippen molar-refractivity contribution in [2.75, 3.05) is 14.2 Å². The molecule has 0 aliphatic carbocycles. The normalized spacial score (nSPS) is 13.0. The third-order valence-electron chi connectivity index (χ3n) is 3.69. The van der Waals surface area contributed by atoms with Crippen molar-refractivity contribution in [2.24, 2.45) is 0 Å². The summed E-state index contributed by atoms with van der Waals surface area (Å²) in [6.45, 7) is 0. The molecule has 1 aliphatic heterocycles. The highest BCUT2D eigenvalue weighted by atomic mass is 16.5. The highest BCUT2D eigenvalue weighted by Crippen LogP contribution is 2.30. The molecule has 4 heteroatoms. The first kappa shape index (κ1) is 14.9. The van der Waals surface area contributed by atoms with Gasteiger partial charge >= 0.3 is 0 Å². The number of hydrogen-bond donors (Lipinski definition) is 1. The lowest BCUT2D eigenvalue weighted by Gasteiger charge is -2.13. The number of methoxy groups -OCH3 is 2. The molecule has 3 rings (SSSR count). The Morgan fingerprint density at radius 2 is 1.26 bits per heavy atom. The molecule has 1 aliphatic rings. The second-order valence-corrected chi connectivity index (χ2v) is 5.07. The zero-order chi connectivity index (χ0) is 16.2. The molecule has 0 fully saturated rings. The lowest BCUT2D eigenvalue weighted by molar-refractivity contribution is -0.115. The standard InChI is InChI=1S/C19H17NO3/c1-22-15-7-3-13(4-8-15)19(17-11-12-18(21)20-17)14-5-9-16(23-2)10-6-14/h3-12H,1-2H3,(H,20,21). The van der Waals surface area contributed by atoms with E-state index in [2.05, 4.69) is 5.32 Å². The molecule has 0 atom stereocenters. The van der Waals surface area contributed by atoms with Gasteiger partial charge in [-0.1, -0.05) is 24.3 Å².